The van der Waals surface area contributed by atoms with Crippen LogP contribution >= 0.6 is 0 Å². The zero-order valence-corrected chi connectivity index (χ0v) is 14.1. The Kier molecular flexibility index (Phi) is 4.66. The number of hydrogen-bond acceptors (Lipinski definition) is 3. The highest BCUT2D eigenvalue weighted by molar-refractivity contribution is 5.92. The quantitative estimate of drug-likeness (QED) is 0.688. The fourth-order valence-electron chi connectivity index (χ4n) is 2.56. The Balaban J connectivity index is 2.14. The Labute approximate surface area is 148 Å². The van der Waals surface area contributed by atoms with Crippen LogP contribution in [0.15, 0.2) is 64.2 Å². The van der Waals surface area contributed by atoms with Crippen LogP contribution in [0.3, 0.4) is 0 Å². The Bertz CT molecular complexity index is 1190. The lowest BCUT2D eigenvalue weighted by Gasteiger charge is -2.01. The molecule has 0 radical (unpaired) electrons. The molecule has 6 nitrogen and oxygen atoms in total. The lowest BCUT2D eigenvalue weighted by molar-refractivity contribution is 0.100. The molecule has 0 bridgehead atoms. The SMILES string of the molecule is Cn1c(=O)/c(=C/c2ccccc2)[nH]c(=O)/c1=C/c1ccc(C(N)=O)cc1. The van der Waals surface area contributed by atoms with E-state index in [0.717, 1.165) is 5.56 Å². The second-order valence-corrected chi connectivity index (χ2v) is 5.80. The maximum atomic E-state index is 12.6. The van der Waals surface area contributed by atoms with Gasteiger partial charge in [-0.05, 0) is 35.4 Å². The van der Waals surface area contributed by atoms with Gasteiger partial charge < -0.3 is 15.3 Å². The maximum Gasteiger partial charge on any atom is 0.274 e. The molecule has 3 aromatic rings. The monoisotopic (exact) mass is 347 g/mol. The summed E-state index contributed by atoms with van der Waals surface area (Å²) in [5, 5.41) is 0.428. The molecule has 6 heteroatoms. The van der Waals surface area contributed by atoms with E-state index in [1.54, 1.807) is 43.5 Å². The number of nitrogens with two attached hydrogens (primary N) is 1. The van der Waals surface area contributed by atoms with Crippen LogP contribution in [-0.2, 0) is 7.05 Å². The molecule has 26 heavy (non-hydrogen) atoms. The van der Waals surface area contributed by atoms with Crippen LogP contribution in [0.25, 0.3) is 12.2 Å². The van der Waals surface area contributed by atoms with Gasteiger partial charge in [0.15, 0.2) is 0 Å². The summed E-state index contributed by atoms with van der Waals surface area (Å²) in [6, 6.07) is 15.7. The van der Waals surface area contributed by atoms with E-state index in [2.05, 4.69) is 4.98 Å². The molecule has 1 amide bonds. The van der Waals surface area contributed by atoms with Crippen molar-refractivity contribution in [1.29, 1.82) is 0 Å². The van der Waals surface area contributed by atoms with Crippen molar-refractivity contribution < 1.29 is 4.79 Å². The van der Waals surface area contributed by atoms with Crippen molar-refractivity contribution in [3.8, 4) is 0 Å². The predicted molar refractivity (Wildman–Crippen MR) is 100 cm³/mol. The topological polar surface area (TPSA) is 97.9 Å². The van der Waals surface area contributed by atoms with Gasteiger partial charge in [-0.3, -0.25) is 14.4 Å². The van der Waals surface area contributed by atoms with Crippen molar-refractivity contribution in [3.05, 3.63) is 103 Å². The fraction of sp³-hybridized carbons (Fsp3) is 0.0500. The van der Waals surface area contributed by atoms with Gasteiger partial charge in [-0.1, -0.05) is 42.5 Å². The summed E-state index contributed by atoms with van der Waals surface area (Å²) in [5.41, 5.74) is 6.39. The second-order valence-electron chi connectivity index (χ2n) is 5.80. The molecule has 0 aliphatic heterocycles. The van der Waals surface area contributed by atoms with E-state index >= 15 is 0 Å². The number of benzene rings is 2. The summed E-state index contributed by atoms with van der Waals surface area (Å²) >= 11 is 0. The minimum atomic E-state index is -0.525. The standard InChI is InChI=1S/C20H17N3O3/c1-23-17(12-14-7-9-15(10-8-14)18(21)24)19(25)22-16(20(23)26)11-13-5-3-2-4-6-13/h2-12H,1H3,(H2,21,24)(H,22,25)/b16-11-,17-12-. The number of hydrogen-bond donors (Lipinski definition) is 2. The zero-order valence-electron chi connectivity index (χ0n) is 14.1. The number of nitrogens with zero attached hydrogens (tertiary/aromatic N) is 1. The average Bonchev–Trinajstić information content (AvgIpc) is 2.64. The van der Waals surface area contributed by atoms with Crippen molar-refractivity contribution in [3.63, 3.8) is 0 Å². The maximum absolute atomic E-state index is 12.6. The molecule has 0 spiro atoms. The lowest BCUT2D eigenvalue weighted by Crippen LogP contribution is -2.52. The molecule has 130 valence electrons. The third-order valence-corrected chi connectivity index (χ3v) is 3.99. The normalized spacial score (nSPS) is 12.3. The van der Waals surface area contributed by atoms with Gasteiger partial charge in [0.25, 0.3) is 11.1 Å². The lowest BCUT2D eigenvalue weighted by atomic mass is 10.1. The van der Waals surface area contributed by atoms with Crippen LogP contribution in [0.1, 0.15) is 21.5 Å². The number of amides is 1. The van der Waals surface area contributed by atoms with Gasteiger partial charge >= 0.3 is 0 Å². The molecule has 3 rings (SSSR count). The van der Waals surface area contributed by atoms with Crippen LogP contribution in [0.5, 0.6) is 0 Å². The average molecular weight is 347 g/mol. The Hall–Kier alpha value is -3.67. The summed E-state index contributed by atoms with van der Waals surface area (Å²) in [5.74, 6) is -0.525. The first-order chi connectivity index (χ1) is 12.5. The summed E-state index contributed by atoms with van der Waals surface area (Å²) in [6.45, 7) is 0. The number of aromatic amines is 1. The van der Waals surface area contributed by atoms with Gasteiger partial charge in [0.1, 0.15) is 10.7 Å². The molecule has 0 fully saturated rings. The molecular weight excluding hydrogens is 330 g/mol. The van der Waals surface area contributed by atoms with Crippen LogP contribution in [0.4, 0.5) is 0 Å². The van der Waals surface area contributed by atoms with Crippen molar-refractivity contribution in [2.24, 2.45) is 12.8 Å². The highest BCUT2D eigenvalue weighted by Gasteiger charge is 2.03. The molecule has 3 N–H and O–H groups in total. The molecule has 0 saturated carbocycles. The van der Waals surface area contributed by atoms with Gasteiger partial charge in [-0.15, -0.1) is 0 Å². The number of primary amides is 1. The van der Waals surface area contributed by atoms with Crippen LogP contribution in [0.2, 0.25) is 0 Å². The third-order valence-electron chi connectivity index (χ3n) is 3.99. The first kappa shape index (κ1) is 17.2. The fourth-order valence-corrected chi connectivity index (χ4v) is 2.56. The van der Waals surface area contributed by atoms with Crippen LogP contribution in [0, 0.1) is 0 Å². The zero-order chi connectivity index (χ0) is 18.7. The molecule has 0 aliphatic carbocycles. The molecule has 0 saturated heterocycles. The van der Waals surface area contributed by atoms with Gasteiger partial charge in [0, 0.05) is 12.6 Å². The number of carbonyl (C=O) groups is 1. The number of carbonyl (C=O) groups excluding carboxylic acids is 1. The van der Waals surface area contributed by atoms with Crippen molar-refractivity contribution in [2.75, 3.05) is 0 Å². The Morgan fingerprint density at radius 2 is 1.58 bits per heavy atom. The first-order valence-corrected chi connectivity index (χ1v) is 7.93. The van der Waals surface area contributed by atoms with Crippen molar-refractivity contribution in [1.82, 2.24) is 9.55 Å². The predicted octanol–water partition coefficient (Wildman–Crippen LogP) is -0.170. The Morgan fingerprint density at radius 3 is 2.19 bits per heavy atom. The highest BCUT2D eigenvalue weighted by Crippen LogP contribution is 2.03. The molecule has 2 aromatic carbocycles. The van der Waals surface area contributed by atoms with E-state index in [0.29, 0.717) is 11.1 Å². The smallest absolute Gasteiger partial charge is 0.274 e. The molecule has 1 heterocycles. The van der Waals surface area contributed by atoms with Gasteiger partial charge in [0.2, 0.25) is 5.91 Å². The molecule has 1 aromatic heterocycles. The number of rotatable bonds is 3. The highest BCUT2D eigenvalue weighted by atomic mass is 16.1. The third kappa shape index (κ3) is 3.54. The molecule has 0 aliphatic rings. The summed E-state index contributed by atoms with van der Waals surface area (Å²) in [7, 11) is 1.55. The van der Waals surface area contributed by atoms with E-state index < -0.39 is 5.91 Å². The van der Waals surface area contributed by atoms with Crippen LogP contribution < -0.4 is 27.6 Å². The Morgan fingerprint density at radius 1 is 0.962 bits per heavy atom. The van der Waals surface area contributed by atoms with Gasteiger partial charge in [-0.2, -0.15) is 0 Å². The largest absolute Gasteiger partial charge is 0.366 e. The van der Waals surface area contributed by atoms with Crippen molar-refractivity contribution >= 4 is 18.1 Å². The summed E-state index contributed by atoms with van der Waals surface area (Å²) in [6.07, 6.45) is 3.21. The van der Waals surface area contributed by atoms with E-state index in [-0.39, 0.29) is 21.8 Å². The van der Waals surface area contributed by atoms with E-state index in [1.165, 1.54) is 4.57 Å². The van der Waals surface area contributed by atoms with Crippen molar-refractivity contribution in [2.45, 2.75) is 0 Å². The molecule has 0 unspecified atom stereocenters. The van der Waals surface area contributed by atoms with E-state index in [4.69, 9.17) is 5.73 Å². The van der Waals surface area contributed by atoms with Gasteiger partial charge in [-0.25, -0.2) is 0 Å². The second kappa shape index (κ2) is 7.06. The summed E-state index contributed by atoms with van der Waals surface area (Å²) < 4.78 is 1.30. The molecule has 0 atom stereocenters. The van der Waals surface area contributed by atoms with Crippen LogP contribution in [-0.4, -0.2) is 15.5 Å². The minimum Gasteiger partial charge on any atom is -0.366 e. The number of nitrogens with one attached hydrogen (secondary N) is 1. The van der Waals surface area contributed by atoms with E-state index in [9.17, 15) is 14.4 Å². The first-order valence-electron chi connectivity index (χ1n) is 7.93. The minimum absolute atomic E-state index is 0.213. The number of aromatic nitrogens is 2. The molecular formula is C20H17N3O3. The number of H-pyrrole nitrogens is 1. The summed E-state index contributed by atoms with van der Waals surface area (Å²) in [4.78, 5) is 38.8. The van der Waals surface area contributed by atoms with Gasteiger partial charge in [0.05, 0.1) is 0 Å². The van der Waals surface area contributed by atoms with E-state index in [1.807, 2.05) is 30.3 Å².